The average molecular weight is 271 g/mol. The molecule has 0 bridgehead atoms. The highest BCUT2D eigenvalue weighted by Gasteiger charge is 2.53. The monoisotopic (exact) mass is 271 g/mol. The largest absolute Gasteiger partial charge is 0.370 e. The Morgan fingerprint density at radius 1 is 1.40 bits per heavy atom. The van der Waals surface area contributed by atoms with E-state index >= 15 is 0 Å². The number of benzene rings is 1. The van der Waals surface area contributed by atoms with Crippen molar-refractivity contribution in [3.63, 3.8) is 0 Å². The fraction of sp³-hybridized carbons (Fsp3) is 0.588. The number of rotatable bonds is 5. The standard InChI is InChI=1S/C17H25N3/c1-12(2)13-4-3-5-15(10-13)20-16(18)19-11-17(8-9-17)14-6-7-14/h3-5,10,12,14H,6-9,11H2,1-2H3,(H3,18,19,20). The Balaban J connectivity index is 1.60. The summed E-state index contributed by atoms with van der Waals surface area (Å²) in [7, 11) is 0. The highest BCUT2D eigenvalue weighted by Crippen LogP contribution is 2.61. The van der Waals surface area contributed by atoms with Gasteiger partial charge in [-0.25, -0.2) is 0 Å². The molecule has 2 aliphatic rings. The van der Waals surface area contributed by atoms with Gasteiger partial charge in [0.15, 0.2) is 5.96 Å². The number of anilines is 1. The lowest BCUT2D eigenvalue weighted by Gasteiger charge is -2.13. The summed E-state index contributed by atoms with van der Waals surface area (Å²) in [5, 5.41) is 3.22. The van der Waals surface area contributed by atoms with Crippen LogP contribution in [0.25, 0.3) is 0 Å². The summed E-state index contributed by atoms with van der Waals surface area (Å²) >= 11 is 0. The van der Waals surface area contributed by atoms with Gasteiger partial charge in [-0.2, -0.15) is 0 Å². The Bertz CT molecular complexity index is 511. The zero-order chi connectivity index (χ0) is 14.2. The zero-order valence-electron chi connectivity index (χ0n) is 12.5. The molecule has 0 radical (unpaired) electrons. The van der Waals surface area contributed by atoms with Crippen LogP contribution in [0.2, 0.25) is 0 Å². The van der Waals surface area contributed by atoms with E-state index < -0.39 is 0 Å². The fourth-order valence-corrected chi connectivity index (χ4v) is 2.96. The smallest absolute Gasteiger partial charge is 0.193 e. The molecule has 2 fully saturated rings. The third-order valence-corrected chi connectivity index (χ3v) is 4.73. The van der Waals surface area contributed by atoms with E-state index in [0.29, 0.717) is 17.3 Å². The molecule has 0 saturated heterocycles. The summed E-state index contributed by atoms with van der Waals surface area (Å²) in [6, 6.07) is 8.41. The first-order chi connectivity index (χ1) is 9.59. The van der Waals surface area contributed by atoms with Crippen LogP contribution in [0, 0.1) is 11.3 Å². The van der Waals surface area contributed by atoms with Crippen LogP contribution in [-0.2, 0) is 0 Å². The van der Waals surface area contributed by atoms with Crippen LogP contribution in [-0.4, -0.2) is 12.5 Å². The SMILES string of the molecule is CC(C)c1cccc(NC(N)=NCC2(C3CC3)CC2)c1. The quantitative estimate of drug-likeness (QED) is 0.633. The number of guanidine groups is 1. The highest BCUT2D eigenvalue weighted by atomic mass is 15.1. The Labute approximate surface area is 121 Å². The molecule has 1 aromatic rings. The minimum Gasteiger partial charge on any atom is -0.370 e. The molecule has 20 heavy (non-hydrogen) atoms. The van der Waals surface area contributed by atoms with Crippen LogP contribution in [0.5, 0.6) is 0 Å². The molecular weight excluding hydrogens is 246 g/mol. The Hall–Kier alpha value is -1.51. The maximum absolute atomic E-state index is 6.03. The minimum absolute atomic E-state index is 0.520. The van der Waals surface area contributed by atoms with Crippen molar-refractivity contribution in [3.8, 4) is 0 Å². The number of hydrogen-bond acceptors (Lipinski definition) is 1. The Morgan fingerprint density at radius 3 is 2.75 bits per heavy atom. The highest BCUT2D eigenvalue weighted by molar-refractivity contribution is 5.92. The molecule has 0 atom stereocenters. The zero-order valence-corrected chi connectivity index (χ0v) is 12.5. The summed E-state index contributed by atoms with van der Waals surface area (Å²) < 4.78 is 0. The van der Waals surface area contributed by atoms with Crippen LogP contribution in [0.4, 0.5) is 5.69 Å². The molecular formula is C17H25N3. The molecule has 108 valence electrons. The van der Waals surface area contributed by atoms with Gasteiger partial charge >= 0.3 is 0 Å². The van der Waals surface area contributed by atoms with Crippen molar-refractivity contribution >= 4 is 11.6 Å². The molecule has 0 spiro atoms. The van der Waals surface area contributed by atoms with Gasteiger partial charge < -0.3 is 11.1 Å². The molecule has 3 nitrogen and oxygen atoms in total. The van der Waals surface area contributed by atoms with Crippen molar-refractivity contribution in [1.29, 1.82) is 0 Å². The van der Waals surface area contributed by atoms with Crippen LogP contribution in [0.15, 0.2) is 29.3 Å². The van der Waals surface area contributed by atoms with Gasteiger partial charge in [-0.3, -0.25) is 4.99 Å². The van der Waals surface area contributed by atoms with E-state index in [1.165, 1.54) is 31.2 Å². The molecule has 1 aromatic carbocycles. The van der Waals surface area contributed by atoms with Gasteiger partial charge in [-0.05, 0) is 60.6 Å². The Kier molecular flexibility index (Phi) is 3.45. The average Bonchev–Trinajstić information content (AvgIpc) is 3.27. The summed E-state index contributed by atoms with van der Waals surface area (Å²) in [5.74, 6) is 2.01. The first kappa shape index (κ1) is 13.5. The molecule has 2 aliphatic carbocycles. The molecule has 0 aliphatic heterocycles. The molecule has 0 amide bonds. The van der Waals surface area contributed by atoms with E-state index in [1.54, 1.807) is 0 Å². The third kappa shape index (κ3) is 2.97. The lowest BCUT2D eigenvalue weighted by molar-refractivity contribution is 0.454. The minimum atomic E-state index is 0.520. The molecule has 2 saturated carbocycles. The van der Waals surface area contributed by atoms with Gasteiger partial charge in [-0.15, -0.1) is 0 Å². The maximum atomic E-state index is 6.03. The van der Waals surface area contributed by atoms with Gasteiger partial charge in [-0.1, -0.05) is 26.0 Å². The summed E-state index contributed by atoms with van der Waals surface area (Å²) in [6.45, 7) is 5.30. The van der Waals surface area contributed by atoms with Gasteiger partial charge in [0.25, 0.3) is 0 Å². The second-order valence-electron chi connectivity index (χ2n) is 6.74. The Morgan fingerprint density at radius 2 is 2.15 bits per heavy atom. The van der Waals surface area contributed by atoms with Crippen LogP contribution < -0.4 is 11.1 Å². The molecule has 0 heterocycles. The third-order valence-electron chi connectivity index (χ3n) is 4.73. The number of hydrogen-bond donors (Lipinski definition) is 2. The van der Waals surface area contributed by atoms with E-state index in [0.717, 1.165) is 18.2 Å². The number of nitrogens with one attached hydrogen (secondary N) is 1. The summed E-state index contributed by atoms with van der Waals surface area (Å²) in [6.07, 6.45) is 5.49. The molecule has 3 heteroatoms. The van der Waals surface area contributed by atoms with Crippen molar-refractivity contribution in [2.24, 2.45) is 22.1 Å². The van der Waals surface area contributed by atoms with Gasteiger partial charge in [0.05, 0.1) is 0 Å². The van der Waals surface area contributed by atoms with Crippen LogP contribution in [0.3, 0.4) is 0 Å². The first-order valence-corrected chi connectivity index (χ1v) is 7.76. The number of aliphatic imine (C=N–C) groups is 1. The molecule has 0 unspecified atom stereocenters. The first-order valence-electron chi connectivity index (χ1n) is 7.76. The van der Waals surface area contributed by atoms with E-state index in [4.69, 9.17) is 5.73 Å². The summed E-state index contributed by atoms with van der Waals surface area (Å²) in [4.78, 5) is 4.57. The van der Waals surface area contributed by atoms with Crippen LogP contribution >= 0.6 is 0 Å². The maximum Gasteiger partial charge on any atom is 0.193 e. The fourth-order valence-electron chi connectivity index (χ4n) is 2.96. The lowest BCUT2D eigenvalue weighted by Crippen LogP contribution is -2.24. The van der Waals surface area contributed by atoms with Crippen molar-refractivity contribution in [1.82, 2.24) is 0 Å². The second-order valence-corrected chi connectivity index (χ2v) is 6.74. The summed E-state index contributed by atoms with van der Waals surface area (Å²) in [5.41, 5.74) is 8.90. The topological polar surface area (TPSA) is 50.4 Å². The predicted molar refractivity (Wildman–Crippen MR) is 85.0 cm³/mol. The van der Waals surface area contributed by atoms with E-state index in [-0.39, 0.29) is 0 Å². The van der Waals surface area contributed by atoms with Gasteiger partial charge in [0.1, 0.15) is 0 Å². The van der Waals surface area contributed by atoms with Gasteiger partial charge in [0, 0.05) is 12.2 Å². The van der Waals surface area contributed by atoms with E-state index in [9.17, 15) is 0 Å². The van der Waals surface area contributed by atoms with Crippen LogP contribution in [0.1, 0.15) is 51.0 Å². The van der Waals surface area contributed by atoms with Gasteiger partial charge in [0.2, 0.25) is 0 Å². The molecule has 0 aromatic heterocycles. The van der Waals surface area contributed by atoms with Crippen molar-refractivity contribution in [2.75, 3.05) is 11.9 Å². The van der Waals surface area contributed by atoms with Crippen molar-refractivity contribution in [3.05, 3.63) is 29.8 Å². The predicted octanol–water partition coefficient (Wildman–Crippen LogP) is 3.73. The normalized spacial score (nSPS) is 21.1. The second kappa shape index (κ2) is 5.12. The molecule has 3 N–H and O–H groups in total. The molecule has 3 rings (SSSR count). The lowest BCUT2D eigenvalue weighted by atomic mass is 10.0. The number of nitrogens with zero attached hydrogens (tertiary/aromatic N) is 1. The van der Waals surface area contributed by atoms with Crippen molar-refractivity contribution < 1.29 is 0 Å². The van der Waals surface area contributed by atoms with E-state index in [1.807, 2.05) is 6.07 Å². The number of nitrogens with two attached hydrogens (primary N) is 1. The van der Waals surface area contributed by atoms with E-state index in [2.05, 4.69) is 42.4 Å². The van der Waals surface area contributed by atoms with Crippen molar-refractivity contribution in [2.45, 2.75) is 45.4 Å².